The van der Waals surface area contributed by atoms with Gasteiger partial charge in [0.25, 0.3) is 0 Å². The molecule has 0 aromatic carbocycles. The lowest BCUT2D eigenvalue weighted by Gasteiger charge is -2.12. The van der Waals surface area contributed by atoms with Crippen molar-refractivity contribution in [2.75, 3.05) is 13.7 Å². The zero-order valence-electron chi connectivity index (χ0n) is 8.02. The molecular weight excluding hydrogens is 204 g/mol. The number of methoxy groups -OCH3 is 1. The number of pyridine rings is 1. The molecule has 0 N–H and O–H groups in total. The molecule has 0 atom stereocenters. The summed E-state index contributed by atoms with van der Waals surface area (Å²) in [6, 6.07) is 4.96. The second-order valence-corrected chi connectivity index (χ2v) is 3.09. The number of nitrogens with zero attached hydrogens (tertiary/aromatic N) is 3. The molecule has 2 rings (SSSR count). The van der Waals surface area contributed by atoms with Crippen molar-refractivity contribution >= 4 is 5.65 Å². The van der Waals surface area contributed by atoms with Gasteiger partial charge in [0, 0.05) is 13.3 Å². The van der Waals surface area contributed by atoms with Crippen molar-refractivity contribution in [1.29, 1.82) is 0 Å². The van der Waals surface area contributed by atoms with E-state index in [1.54, 1.807) is 18.2 Å². The van der Waals surface area contributed by atoms with Gasteiger partial charge in [0.1, 0.15) is 6.61 Å². The average molecular weight is 213 g/mol. The Hall–Kier alpha value is -1.56. The number of hydrogen-bond acceptors (Lipinski definition) is 3. The summed E-state index contributed by atoms with van der Waals surface area (Å²) in [4.78, 5) is 0. The normalized spacial score (nSPS) is 12.2. The molecule has 80 valence electrons. The van der Waals surface area contributed by atoms with Crippen molar-refractivity contribution in [3.05, 3.63) is 30.2 Å². The summed E-state index contributed by atoms with van der Waals surface area (Å²) in [5, 5.41) is 7.11. The van der Waals surface area contributed by atoms with E-state index >= 15 is 0 Å². The summed E-state index contributed by atoms with van der Waals surface area (Å²) in [6.07, 6.45) is 1.49. The summed E-state index contributed by atoms with van der Waals surface area (Å²) < 4.78 is 32.6. The van der Waals surface area contributed by atoms with Crippen molar-refractivity contribution in [3.63, 3.8) is 0 Å². The first-order valence-electron chi connectivity index (χ1n) is 4.32. The Bertz CT molecular complexity index is 469. The molecule has 0 aliphatic carbocycles. The Morgan fingerprint density at radius 1 is 1.40 bits per heavy atom. The van der Waals surface area contributed by atoms with Gasteiger partial charge in [0.2, 0.25) is 5.82 Å². The van der Waals surface area contributed by atoms with Crippen LogP contribution < -0.4 is 0 Å². The zero-order chi connectivity index (χ0) is 10.9. The highest BCUT2D eigenvalue weighted by Gasteiger charge is 2.37. The highest BCUT2D eigenvalue weighted by molar-refractivity contribution is 5.37. The first-order chi connectivity index (χ1) is 7.15. The predicted molar refractivity (Wildman–Crippen MR) is 48.8 cm³/mol. The van der Waals surface area contributed by atoms with E-state index in [1.165, 1.54) is 17.7 Å². The van der Waals surface area contributed by atoms with Crippen molar-refractivity contribution in [2.24, 2.45) is 0 Å². The molecule has 4 nitrogen and oxygen atoms in total. The Balaban J connectivity index is 2.52. The van der Waals surface area contributed by atoms with Crippen LogP contribution in [0, 0.1) is 0 Å². The second kappa shape index (κ2) is 3.54. The van der Waals surface area contributed by atoms with E-state index in [2.05, 4.69) is 14.9 Å². The van der Waals surface area contributed by atoms with E-state index in [0.717, 1.165) is 0 Å². The second-order valence-electron chi connectivity index (χ2n) is 3.09. The van der Waals surface area contributed by atoms with Crippen LogP contribution in [0.15, 0.2) is 24.4 Å². The maximum atomic E-state index is 13.5. The van der Waals surface area contributed by atoms with Gasteiger partial charge >= 0.3 is 5.92 Å². The standard InChI is InChI=1S/C9H9F2N3O/c1-15-6-9(10,11)8-13-12-7-4-2-3-5-14(7)8/h2-5H,6H2,1H3. The molecule has 0 fully saturated rings. The van der Waals surface area contributed by atoms with Crippen LogP contribution in [0.25, 0.3) is 5.65 Å². The molecule has 2 heterocycles. The smallest absolute Gasteiger partial charge is 0.329 e. The summed E-state index contributed by atoms with van der Waals surface area (Å²) in [5.74, 6) is -3.53. The van der Waals surface area contributed by atoms with Gasteiger partial charge in [-0.05, 0) is 12.1 Å². The largest absolute Gasteiger partial charge is 0.378 e. The van der Waals surface area contributed by atoms with Crippen LogP contribution in [0.2, 0.25) is 0 Å². The predicted octanol–water partition coefficient (Wildman–Crippen LogP) is 1.47. The highest BCUT2D eigenvalue weighted by Crippen LogP contribution is 2.26. The Kier molecular flexibility index (Phi) is 2.36. The van der Waals surface area contributed by atoms with E-state index < -0.39 is 18.4 Å². The van der Waals surface area contributed by atoms with Crippen LogP contribution in [0.4, 0.5) is 8.78 Å². The number of halogens is 2. The fourth-order valence-corrected chi connectivity index (χ4v) is 1.34. The molecule has 0 saturated carbocycles. The van der Waals surface area contributed by atoms with Crippen molar-refractivity contribution in [2.45, 2.75) is 5.92 Å². The van der Waals surface area contributed by atoms with E-state index in [1.807, 2.05) is 0 Å². The van der Waals surface area contributed by atoms with Crippen LogP contribution in [-0.2, 0) is 10.7 Å². The van der Waals surface area contributed by atoms with Crippen LogP contribution in [0.5, 0.6) is 0 Å². The number of fused-ring (bicyclic) bond motifs is 1. The molecule has 0 amide bonds. The van der Waals surface area contributed by atoms with Gasteiger partial charge < -0.3 is 4.74 Å². The van der Waals surface area contributed by atoms with E-state index in [0.29, 0.717) is 5.65 Å². The average Bonchev–Trinajstić information content (AvgIpc) is 2.61. The minimum absolute atomic E-state index is 0.392. The monoisotopic (exact) mass is 213 g/mol. The maximum absolute atomic E-state index is 13.5. The third-order valence-electron chi connectivity index (χ3n) is 1.97. The van der Waals surface area contributed by atoms with Crippen LogP contribution in [-0.4, -0.2) is 28.3 Å². The first-order valence-corrected chi connectivity index (χ1v) is 4.32. The lowest BCUT2D eigenvalue weighted by Crippen LogP contribution is -2.23. The molecule has 15 heavy (non-hydrogen) atoms. The van der Waals surface area contributed by atoms with E-state index in [-0.39, 0.29) is 0 Å². The third kappa shape index (κ3) is 1.68. The Labute approximate surface area is 84.5 Å². The maximum Gasteiger partial charge on any atom is 0.329 e. The van der Waals surface area contributed by atoms with Gasteiger partial charge in [-0.25, -0.2) is 0 Å². The fraction of sp³-hybridized carbons (Fsp3) is 0.333. The van der Waals surface area contributed by atoms with Crippen LogP contribution in [0.1, 0.15) is 5.82 Å². The van der Waals surface area contributed by atoms with Crippen LogP contribution in [0.3, 0.4) is 0 Å². The minimum atomic E-state index is -3.13. The third-order valence-corrected chi connectivity index (χ3v) is 1.97. The van der Waals surface area contributed by atoms with Gasteiger partial charge in [-0.15, -0.1) is 10.2 Å². The molecule has 2 aromatic heterocycles. The molecule has 0 bridgehead atoms. The topological polar surface area (TPSA) is 39.4 Å². The van der Waals surface area contributed by atoms with E-state index in [9.17, 15) is 8.78 Å². The molecule has 2 aromatic rings. The number of aromatic nitrogens is 3. The van der Waals surface area contributed by atoms with Crippen LogP contribution >= 0.6 is 0 Å². The van der Waals surface area contributed by atoms with Gasteiger partial charge in [0.15, 0.2) is 5.65 Å². The van der Waals surface area contributed by atoms with E-state index in [4.69, 9.17) is 0 Å². The molecule has 0 radical (unpaired) electrons. The number of alkyl halides is 2. The lowest BCUT2D eigenvalue weighted by molar-refractivity contribution is -0.0773. The molecule has 0 aliphatic rings. The first kappa shape index (κ1) is 9.97. The number of hydrogen-bond donors (Lipinski definition) is 0. The molecule has 0 aliphatic heterocycles. The summed E-state index contributed by atoms with van der Waals surface area (Å²) in [6.45, 7) is -0.706. The minimum Gasteiger partial charge on any atom is -0.378 e. The molecule has 0 unspecified atom stereocenters. The van der Waals surface area contributed by atoms with Crippen molar-refractivity contribution in [1.82, 2.24) is 14.6 Å². The van der Waals surface area contributed by atoms with Gasteiger partial charge in [-0.3, -0.25) is 4.40 Å². The SMILES string of the molecule is COCC(F)(F)c1nnc2ccccn12. The fourth-order valence-electron chi connectivity index (χ4n) is 1.34. The number of ether oxygens (including phenoxy) is 1. The molecule has 6 heteroatoms. The van der Waals surface area contributed by atoms with Gasteiger partial charge in [-0.2, -0.15) is 8.78 Å². The van der Waals surface area contributed by atoms with Crippen molar-refractivity contribution < 1.29 is 13.5 Å². The number of rotatable bonds is 3. The Morgan fingerprint density at radius 2 is 2.20 bits per heavy atom. The highest BCUT2D eigenvalue weighted by atomic mass is 19.3. The lowest BCUT2D eigenvalue weighted by atomic mass is 10.3. The summed E-state index contributed by atoms with van der Waals surface area (Å²) >= 11 is 0. The van der Waals surface area contributed by atoms with Crippen molar-refractivity contribution in [3.8, 4) is 0 Å². The summed E-state index contributed by atoms with van der Waals surface area (Å²) in [7, 11) is 1.22. The Morgan fingerprint density at radius 3 is 2.93 bits per heavy atom. The molecule has 0 spiro atoms. The molecule has 0 saturated heterocycles. The summed E-state index contributed by atoms with van der Waals surface area (Å²) in [5.41, 5.74) is 0.392. The zero-order valence-corrected chi connectivity index (χ0v) is 8.02. The molecular formula is C9H9F2N3O. The van der Waals surface area contributed by atoms with Gasteiger partial charge in [0.05, 0.1) is 0 Å². The quantitative estimate of drug-likeness (QED) is 0.775. The van der Waals surface area contributed by atoms with Gasteiger partial charge in [-0.1, -0.05) is 6.07 Å².